The first-order chi connectivity index (χ1) is 8.43. The Hall–Kier alpha value is -0.820. The summed E-state index contributed by atoms with van der Waals surface area (Å²) < 4.78 is 38.7. The summed E-state index contributed by atoms with van der Waals surface area (Å²) in [6.07, 6.45) is 1.83. The van der Waals surface area contributed by atoms with Gasteiger partial charge in [-0.15, -0.1) is 0 Å². The molecule has 0 radical (unpaired) electrons. The molecular formula is C12H17N. The zero-order valence-corrected chi connectivity index (χ0v) is 7.78. The van der Waals surface area contributed by atoms with Gasteiger partial charge in [-0.25, -0.2) is 0 Å². The minimum Gasteiger partial charge on any atom is -0.310 e. The molecule has 1 saturated heterocycles. The van der Waals surface area contributed by atoms with E-state index in [1.165, 1.54) is 0 Å². The van der Waals surface area contributed by atoms with Gasteiger partial charge in [-0.05, 0) is 30.9 Å². The number of hydrogen-bond donors (Lipinski definition) is 1. The predicted molar refractivity (Wildman–Crippen MR) is 55.6 cm³/mol. The van der Waals surface area contributed by atoms with Crippen molar-refractivity contribution in [1.82, 2.24) is 5.32 Å². The fraction of sp³-hybridized carbons (Fsp3) is 0.500. The third kappa shape index (κ3) is 2.10. The molecule has 1 unspecified atom stereocenters. The smallest absolute Gasteiger partial charge is 0.0626 e. The van der Waals surface area contributed by atoms with Crippen molar-refractivity contribution in [3.63, 3.8) is 0 Å². The Morgan fingerprint density at radius 2 is 2.08 bits per heavy atom. The second kappa shape index (κ2) is 3.93. The number of rotatable bonds is 1. The van der Waals surface area contributed by atoms with Crippen LogP contribution in [-0.2, 0) is 0 Å². The summed E-state index contributed by atoms with van der Waals surface area (Å²) in [5.74, 6) is 0.575. The minimum atomic E-state index is -0.321. The monoisotopic (exact) mass is 180 g/mol. The summed E-state index contributed by atoms with van der Waals surface area (Å²) >= 11 is 0. The highest BCUT2D eigenvalue weighted by molar-refractivity contribution is 5.19. The van der Waals surface area contributed by atoms with Crippen LogP contribution < -0.4 is 5.32 Å². The molecule has 0 amide bonds. The van der Waals surface area contributed by atoms with E-state index < -0.39 is 0 Å². The lowest BCUT2D eigenvalue weighted by atomic mass is 9.92. The van der Waals surface area contributed by atoms with Crippen LogP contribution in [0.1, 0.15) is 38.2 Å². The van der Waals surface area contributed by atoms with Crippen LogP contribution >= 0.6 is 0 Å². The van der Waals surface area contributed by atoms with Gasteiger partial charge in [-0.3, -0.25) is 0 Å². The van der Waals surface area contributed by atoms with Gasteiger partial charge in [-0.2, -0.15) is 0 Å². The maximum absolute atomic E-state index is 7.91. The lowest BCUT2D eigenvalue weighted by Crippen LogP contribution is -2.31. The van der Waals surface area contributed by atoms with Crippen LogP contribution in [0.2, 0.25) is 0 Å². The van der Waals surface area contributed by atoms with E-state index in [0.29, 0.717) is 11.5 Å². The van der Waals surface area contributed by atoms with Crippen molar-refractivity contribution in [3.8, 4) is 0 Å². The summed E-state index contributed by atoms with van der Waals surface area (Å²) in [5, 5.41) is 3.27. The Bertz CT molecular complexity index is 437. The zero-order valence-electron chi connectivity index (χ0n) is 12.8. The molecule has 1 fully saturated rings. The fourth-order valence-electron chi connectivity index (χ4n) is 1.68. The second-order valence-corrected chi connectivity index (χ2v) is 3.68. The van der Waals surface area contributed by atoms with E-state index in [2.05, 4.69) is 12.2 Å². The van der Waals surface area contributed by atoms with E-state index in [9.17, 15) is 0 Å². The third-order valence-corrected chi connectivity index (χ3v) is 2.53. The van der Waals surface area contributed by atoms with Gasteiger partial charge in [0.1, 0.15) is 0 Å². The van der Waals surface area contributed by atoms with Crippen LogP contribution in [-0.4, -0.2) is 6.54 Å². The second-order valence-electron chi connectivity index (χ2n) is 3.68. The van der Waals surface area contributed by atoms with Gasteiger partial charge in [0.25, 0.3) is 0 Å². The fourth-order valence-corrected chi connectivity index (χ4v) is 1.68. The van der Waals surface area contributed by atoms with Gasteiger partial charge < -0.3 is 5.32 Å². The predicted octanol–water partition coefficient (Wildman–Crippen LogP) is 2.75. The van der Waals surface area contributed by atoms with Crippen molar-refractivity contribution in [2.24, 2.45) is 5.92 Å². The topological polar surface area (TPSA) is 12.0 Å². The summed E-state index contributed by atoms with van der Waals surface area (Å²) in [6.45, 7) is 2.97. The van der Waals surface area contributed by atoms with Gasteiger partial charge in [0.15, 0.2) is 0 Å². The molecule has 1 aliphatic heterocycles. The lowest BCUT2D eigenvalue weighted by Gasteiger charge is -2.28. The molecule has 0 aliphatic carbocycles. The molecule has 0 saturated carbocycles. The van der Waals surface area contributed by atoms with Crippen molar-refractivity contribution in [1.29, 1.82) is 0 Å². The van der Waals surface area contributed by atoms with Gasteiger partial charge in [0, 0.05) is 6.04 Å². The normalized spacial score (nSPS) is 34.1. The van der Waals surface area contributed by atoms with Gasteiger partial charge in [0.05, 0.1) is 6.85 Å². The number of piperidine rings is 1. The van der Waals surface area contributed by atoms with E-state index in [1.807, 2.05) is 0 Å². The highest BCUT2D eigenvalue weighted by Gasteiger charge is 2.17. The Labute approximate surface area is 87.2 Å². The van der Waals surface area contributed by atoms with Crippen LogP contribution in [0, 0.1) is 5.92 Å². The van der Waals surface area contributed by atoms with Crippen molar-refractivity contribution in [2.45, 2.75) is 25.8 Å². The van der Waals surface area contributed by atoms with Crippen molar-refractivity contribution in [2.75, 3.05) is 6.54 Å². The Morgan fingerprint density at radius 3 is 2.69 bits per heavy atom. The standard InChI is InChI=1S/C12H17N/c1-10-7-8-12(13-9-10)11-5-3-2-4-6-11/h2-6,10,12-13H,7-9H2,1H3/t10-,12?/m0/s1/i2D,3D,4D,5D,6D. The number of benzene rings is 1. The molecule has 1 heterocycles. The number of nitrogens with one attached hydrogen (secondary N) is 1. The molecule has 0 aromatic heterocycles. The molecule has 0 spiro atoms. The molecule has 1 heteroatoms. The minimum absolute atomic E-state index is 0.0759. The molecule has 1 nitrogen and oxygen atoms in total. The zero-order chi connectivity index (χ0) is 13.4. The van der Waals surface area contributed by atoms with Crippen LogP contribution in [0.4, 0.5) is 0 Å². The molecule has 1 N–H and O–H groups in total. The maximum atomic E-state index is 7.91. The van der Waals surface area contributed by atoms with E-state index in [4.69, 9.17) is 6.85 Å². The molecule has 13 heavy (non-hydrogen) atoms. The Kier molecular flexibility index (Phi) is 1.39. The number of hydrogen-bond acceptors (Lipinski definition) is 1. The Balaban J connectivity index is 2.45. The average molecular weight is 180 g/mol. The molecule has 2 atom stereocenters. The molecule has 1 aliphatic rings. The first-order valence-electron chi connectivity index (χ1n) is 7.23. The van der Waals surface area contributed by atoms with Crippen molar-refractivity contribution < 1.29 is 6.85 Å². The van der Waals surface area contributed by atoms with E-state index in [0.717, 1.165) is 19.4 Å². The first-order valence-corrected chi connectivity index (χ1v) is 4.73. The van der Waals surface area contributed by atoms with Crippen LogP contribution in [0.5, 0.6) is 0 Å². The van der Waals surface area contributed by atoms with Crippen molar-refractivity contribution in [3.05, 3.63) is 35.8 Å². The van der Waals surface area contributed by atoms with E-state index >= 15 is 0 Å². The maximum Gasteiger partial charge on any atom is 0.0626 e. The van der Waals surface area contributed by atoms with Gasteiger partial charge in [-0.1, -0.05) is 37.1 Å². The molecule has 0 bridgehead atoms. The van der Waals surface area contributed by atoms with E-state index in [-0.39, 0.29) is 36.3 Å². The summed E-state index contributed by atoms with van der Waals surface area (Å²) in [7, 11) is 0. The highest BCUT2D eigenvalue weighted by atomic mass is 14.9. The largest absolute Gasteiger partial charge is 0.310 e. The van der Waals surface area contributed by atoms with Crippen molar-refractivity contribution >= 4 is 0 Å². The SMILES string of the molecule is [2H]c1c([2H])c([2H])c(C2CC[C@H](C)CN2)c([2H])c1[2H]. The van der Waals surface area contributed by atoms with E-state index in [1.54, 1.807) is 0 Å². The van der Waals surface area contributed by atoms with Crippen LogP contribution in [0.15, 0.2) is 30.2 Å². The van der Waals surface area contributed by atoms with Crippen LogP contribution in [0.25, 0.3) is 0 Å². The summed E-state index contributed by atoms with van der Waals surface area (Å²) in [6, 6.07) is -1.09. The molecule has 1 aromatic carbocycles. The molecular weight excluding hydrogens is 158 g/mol. The Morgan fingerprint density at radius 1 is 1.31 bits per heavy atom. The van der Waals surface area contributed by atoms with Crippen LogP contribution in [0.3, 0.4) is 0 Å². The molecule has 1 aromatic rings. The average Bonchev–Trinajstić information content (AvgIpc) is 2.36. The quantitative estimate of drug-likeness (QED) is 0.700. The molecule has 70 valence electrons. The highest BCUT2D eigenvalue weighted by Crippen LogP contribution is 2.24. The first kappa shape index (κ1) is 4.61. The summed E-state index contributed by atoms with van der Waals surface area (Å²) in [5.41, 5.74) is 0.410. The molecule has 2 rings (SSSR count). The van der Waals surface area contributed by atoms with Gasteiger partial charge >= 0.3 is 0 Å². The third-order valence-electron chi connectivity index (χ3n) is 2.53. The lowest BCUT2D eigenvalue weighted by molar-refractivity contribution is 0.333. The van der Waals surface area contributed by atoms with Gasteiger partial charge in [0.2, 0.25) is 0 Å². The summed E-state index contributed by atoms with van der Waals surface area (Å²) in [4.78, 5) is 0.